The molecule has 0 aromatic heterocycles. The van der Waals surface area contributed by atoms with Gasteiger partial charge in [-0.3, -0.25) is 4.79 Å². The number of carbonyl (C=O) groups excluding carboxylic acids is 1. The Bertz CT molecular complexity index is 610. The molecule has 1 atom stereocenters. The molecule has 0 N–H and O–H groups in total. The van der Waals surface area contributed by atoms with Crippen molar-refractivity contribution in [3.8, 4) is 11.5 Å². The van der Waals surface area contributed by atoms with Crippen LogP contribution in [-0.2, 0) is 14.4 Å². The fourth-order valence-electron chi connectivity index (χ4n) is 2.77. The van der Waals surface area contributed by atoms with Gasteiger partial charge in [-0.25, -0.2) is 0 Å². The zero-order chi connectivity index (χ0) is 16.2. The van der Waals surface area contributed by atoms with Crippen LogP contribution in [0, 0.1) is 0 Å². The molecule has 1 amide bonds. The van der Waals surface area contributed by atoms with Gasteiger partial charge in [-0.15, -0.1) is 0 Å². The molecule has 1 aromatic carbocycles. The molecule has 0 unspecified atom stereocenters. The third-order valence-corrected chi connectivity index (χ3v) is 3.98. The summed E-state index contributed by atoms with van der Waals surface area (Å²) in [7, 11) is 3.16. The predicted octanol–water partition coefficient (Wildman–Crippen LogP) is 1.06. The van der Waals surface area contributed by atoms with Gasteiger partial charge < -0.3 is 23.9 Å². The lowest BCUT2D eigenvalue weighted by Gasteiger charge is -2.28. The first-order valence-electron chi connectivity index (χ1n) is 7.55. The Labute approximate surface area is 134 Å². The van der Waals surface area contributed by atoms with Crippen molar-refractivity contribution in [3.05, 3.63) is 23.8 Å². The Morgan fingerprint density at radius 3 is 2.74 bits per heavy atom. The molecule has 0 bridgehead atoms. The van der Waals surface area contributed by atoms with Gasteiger partial charge in [0.1, 0.15) is 0 Å². The van der Waals surface area contributed by atoms with E-state index >= 15 is 0 Å². The molecule has 0 aliphatic carbocycles. The monoisotopic (exact) mass is 320 g/mol. The molecule has 2 aliphatic rings. The van der Waals surface area contributed by atoms with Gasteiger partial charge in [-0.2, -0.15) is 0 Å². The molecule has 124 valence electrons. The molecule has 0 spiro atoms. The zero-order valence-corrected chi connectivity index (χ0v) is 13.3. The molecule has 2 aliphatic heterocycles. The smallest absolute Gasteiger partial charge is 0.267 e. The predicted molar refractivity (Wildman–Crippen MR) is 83.0 cm³/mol. The fraction of sp³-hybridized carbons (Fsp3) is 0.500. The van der Waals surface area contributed by atoms with Gasteiger partial charge in [0.05, 0.1) is 33.1 Å². The number of amides is 1. The summed E-state index contributed by atoms with van der Waals surface area (Å²) >= 11 is 0. The number of benzene rings is 1. The quantitative estimate of drug-likeness (QED) is 0.829. The van der Waals surface area contributed by atoms with Crippen molar-refractivity contribution in [2.45, 2.75) is 12.5 Å². The molecule has 23 heavy (non-hydrogen) atoms. The Balaban J connectivity index is 1.73. The topological polar surface area (TPSA) is 69.6 Å². The third-order valence-electron chi connectivity index (χ3n) is 3.98. The number of carbonyl (C=O) groups is 1. The van der Waals surface area contributed by atoms with Crippen molar-refractivity contribution in [3.63, 3.8) is 0 Å². The highest BCUT2D eigenvalue weighted by Crippen LogP contribution is 2.33. The second-order valence-electron chi connectivity index (χ2n) is 5.31. The Morgan fingerprint density at radius 2 is 2.04 bits per heavy atom. The van der Waals surface area contributed by atoms with E-state index in [0.29, 0.717) is 49.9 Å². The lowest BCUT2D eigenvalue weighted by atomic mass is 10.0. The summed E-state index contributed by atoms with van der Waals surface area (Å²) in [5.41, 5.74) is 1.47. The van der Waals surface area contributed by atoms with E-state index in [1.165, 1.54) is 0 Å². The lowest BCUT2D eigenvalue weighted by Crippen LogP contribution is -2.45. The highest BCUT2D eigenvalue weighted by Gasteiger charge is 2.34. The average Bonchev–Trinajstić information content (AvgIpc) is 3.10. The number of para-hydroxylation sites is 1. The van der Waals surface area contributed by atoms with Crippen LogP contribution in [0.1, 0.15) is 12.0 Å². The number of nitrogens with zero attached hydrogens (tertiary/aromatic N) is 2. The lowest BCUT2D eigenvalue weighted by molar-refractivity contribution is -0.146. The number of ether oxygens (including phenoxy) is 3. The van der Waals surface area contributed by atoms with E-state index in [0.717, 1.165) is 5.56 Å². The molecular formula is C16H20N2O5. The molecule has 7 heteroatoms. The van der Waals surface area contributed by atoms with Crippen molar-refractivity contribution in [2.75, 3.05) is 40.5 Å². The van der Waals surface area contributed by atoms with Crippen molar-refractivity contribution in [1.29, 1.82) is 0 Å². The van der Waals surface area contributed by atoms with Crippen LogP contribution in [0.4, 0.5) is 0 Å². The average molecular weight is 320 g/mol. The van der Waals surface area contributed by atoms with Crippen LogP contribution < -0.4 is 9.47 Å². The number of methoxy groups -OCH3 is 2. The zero-order valence-electron chi connectivity index (χ0n) is 13.3. The van der Waals surface area contributed by atoms with Gasteiger partial charge in [0.25, 0.3) is 5.91 Å². The fourth-order valence-corrected chi connectivity index (χ4v) is 2.77. The van der Waals surface area contributed by atoms with E-state index in [1.54, 1.807) is 19.1 Å². The van der Waals surface area contributed by atoms with E-state index in [4.69, 9.17) is 19.0 Å². The molecule has 3 rings (SSSR count). The summed E-state index contributed by atoms with van der Waals surface area (Å²) in [5, 5.41) is 4.09. The van der Waals surface area contributed by atoms with Crippen LogP contribution in [0.2, 0.25) is 0 Å². The summed E-state index contributed by atoms with van der Waals surface area (Å²) < 4.78 is 16.0. The van der Waals surface area contributed by atoms with Gasteiger partial charge in [-0.05, 0) is 12.1 Å². The highest BCUT2D eigenvalue weighted by molar-refractivity contribution is 6.06. The highest BCUT2D eigenvalue weighted by atomic mass is 16.6. The Morgan fingerprint density at radius 1 is 1.26 bits per heavy atom. The number of morpholine rings is 1. The number of hydrogen-bond acceptors (Lipinski definition) is 6. The van der Waals surface area contributed by atoms with E-state index in [2.05, 4.69) is 5.16 Å². The molecular weight excluding hydrogens is 300 g/mol. The molecule has 0 saturated carbocycles. The maximum Gasteiger partial charge on any atom is 0.267 e. The van der Waals surface area contributed by atoms with E-state index in [9.17, 15) is 4.79 Å². The first-order chi connectivity index (χ1) is 11.2. The number of rotatable bonds is 4. The van der Waals surface area contributed by atoms with Crippen LogP contribution in [0.15, 0.2) is 23.4 Å². The molecule has 1 fully saturated rings. The van der Waals surface area contributed by atoms with Gasteiger partial charge in [0, 0.05) is 25.1 Å². The van der Waals surface area contributed by atoms with Crippen molar-refractivity contribution < 1.29 is 23.8 Å². The van der Waals surface area contributed by atoms with Crippen LogP contribution in [0.3, 0.4) is 0 Å². The molecule has 1 aromatic rings. The first kappa shape index (κ1) is 15.6. The van der Waals surface area contributed by atoms with Gasteiger partial charge in [0.2, 0.25) is 6.10 Å². The Kier molecular flexibility index (Phi) is 4.66. The second kappa shape index (κ2) is 6.87. The molecule has 7 nitrogen and oxygen atoms in total. The number of hydrogen-bond donors (Lipinski definition) is 0. The summed E-state index contributed by atoms with van der Waals surface area (Å²) in [6.45, 7) is 2.32. The van der Waals surface area contributed by atoms with Crippen LogP contribution in [-0.4, -0.2) is 63.1 Å². The second-order valence-corrected chi connectivity index (χ2v) is 5.31. The van der Waals surface area contributed by atoms with E-state index < -0.39 is 6.10 Å². The van der Waals surface area contributed by atoms with Gasteiger partial charge >= 0.3 is 0 Å². The maximum absolute atomic E-state index is 12.5. The van der Waals surface area contributed by atoms with Crippen molar-refractivity contribution >= 4 is 11.6 Å². The minimum absolute atomic E-state index is 0.0473. The van der Waals surface area contributed by atoms with Crippen LogP contribution in [0.5, 0.6) is 11.5 Å². The first-order valence-corrected chi connectivity index (χ1v) is 7.55. The van der Waals surface area contributed by atoms with Gasteiger partial charge in [-0.1, -0.05) is 11.2 Å². The minimum atomic E-state index is -0.584. The molecule has 2 heterocycles. The van der Waals surface area contributed by atoms with Crippen molar-refractivity contribution in [2.24, 2.45) is 5.16 Å². The van der Waals surface area contributed by atoms with Crippen LogP contribution >= 0.6 is 0 Å². The minimum Gasteiger partial charge on any atom is -0.493 e. The standard InChI is InChI=1S/C16H20N2O5/c1-20-13-5-3-4-11(15(13)21-2)12-10-14(23-17-12)16(19)18-6-8-22-9-7-18/h3-5,14H,6-10H2,1-2H3/t14-/m0/s1. The summed E-state index contributed by atoms with van der Waals surface area (Å²) in [4.78, 5) is 19.6. The third kappa shape index (κ3) is 3.10. The maximum atomic E-state index is 12.5. The van der Waals surface area contributed by atoms with E-state index in [-0.39, 0.29) is 5.91 Å². The summed E-state index contributed by atoms with van der Waals surface area (Å²) in [6, 6.07) is 5.55. The van der Waals surface area contributed by atoms with Gasteiger partial charge in [0.15, 0.2) is 11.5 Å². The SMILES string of the molecule is COc1cccc(C2=NO[C@H](C(=O)N3CCOCC3)C2)c1OC. The van der Waals surface area contributed by atoms with Crippen LogP contribution in [0.25, 0.3) is 0 Å². The van der Waals surface area contributed by atoms with Crippen molar-refractivity contribution in [1.82, 2.24) is 4.90 Å². The molecule has 0 radical (unpaired) electrons. The van der Waals surface area contributed by atoms with E-state index in [1.807, 2.05) is 18.2 Å². The Hall–Kier alpha value is -2.28. The largest absolute Gasteiger partial charge is 0.493 e. The normalized spacial score (nSPS) is 20.7. The molecule has 1 saturated heterocycles. The summed E-state index contributed by atoms with van der Waals surface area (Å²) in [5.74, 6) is 1.17. The number of oxime groups is 1. The summed E-state index contributed by atoms with van der Waals surface area (Å²) in [6.07, 6.45) is -0.168.